The van der Waals surface area contributed by atoms with Crippen molar-refractivity contribution in [3.63, 3.8) is 0 Å². The van der Waals surface area contributed by atoms with Crippen LogP contribution >= 0.6 is 31.9 Å². The maximum Gasteiger partial charge on any atom is 0.245 e. The molecular formula is C10H10Br2N2O2S. The van der Waals surface area contributed by atoms with E-state index in [2.05, 4.69) is 31.9 Å². The van der Waals surface area contributed by atoms with E-state index in [9.17, 15) is 8.42 Å². The molecule has 0 spiro atoms. The van der Waals surface area contributed by atoms with Gasteiger partial charge in [0.05, 0.1) is 11.0 Å². The van der Waals surface area contributed by atoms with E-state index in [1.54, 1.807) is 12.1 Å². The van der Waals surface area contributed by atoms with E-state index in [0.29, 0.717) is 8.95 Å². The van der Waals surface area contributed by atoms with Gasteiger partial charge in [0.2, 0.25) is 10.0 Å². The number of halogens is 2. The molecule has 1 atom stereocenters. The summed E-state index contributed by atoms with van der Waals surface area (Å²) < 4.78 is 26.6. The van der Waals surface area contributed by atoms with Crippen molar-refractivity contribution in [1.82, 2.24) is 4.31 Å². The second kappa shape index (κ2) is 5.48. The maximum atomic E-state index is 12.2. The molecule has 0 N–H and O–H groups in total. The average Bonchev–Trinajstić information content (AvgIpc) is 2.30. The standard InChI is InChI=1S/C10H10Br2N2O2S/c1-7(6-13)14(2)17(15,16)10-5-8(11)3-4-9(10)12/h3-5,7H,1-2H3. The smallest absolute Gasteiger partial charge is 0.207 e. The van der Waals surface area contributed by atoms with E-state index in [4.69, 9.17) is 5.26 Å². The predicted octanol–water partition coefficient (Wildman–Crippen LogP) is 2.74. The van der Waals surface area contributed by atoms with E-state index in [1.807, 2.05) is 6.07 Å². The van der Waals surface area contributed by atoms with Crippen molar-refractivity contribution < 1.29 is 8.42 Å². The summed E-state index contributed by atoms with van der Waals surface area (Å²) in [5, 5.41) is 8.76. The Balaban J connectivity index is 3.32. The quantitative estimate of drug-likeness (QED) is 0.808. The lowest BCUT2D eigenvalue weighted by atomic mass is 10.4. The number of rotatable bonds is 3. The molecular weight excluding hydrogens is 372 g/mol. The summed E-state index contributed by atoms with van der Waals surface area (Å²) in [4.78, 5) is 0.136. The lowest BCUT2D eigenvalue weighted by Gasteiger charge is -2.19. The molecule has 0 heterocycles. The van der Waals surface area contributed by atoms with Gasteiger partial charge in [0.15, 0.2) is 0 Å². The SMILES string of the molecule is CC(C#N)N(C)S(=O)(=O)c1cc(Br)ccc1Br. The highest BCUT2D eigenvalue weighted by molar-refractivity contribution is 9.11. The minimum Gasteiger partial charge on any atom is -0.207 e. The predicted molar refractivity (Wildman–Crippen MR) is 71.9 cm³/mol. The number of hydrogen-bond acceptors (Lipinski definition) is 3. The third-order valence-corrected chi connectivity index (χ3v) is 5.70. The molecule has 0 aliphatic rings. The van der Waals surface area contributed by atoms with Gasteiger partial charge in [0.25, 0.3) is 0 Å². The summed E-state index contributed by atoms with van der Waals surface area (Å²) in [6.07, 6.45) is 0. The minimum atomic E-state index is -3.67. The van der Waals surface area contributed by atoms with E-state index >= 15 is 0 Å². The Hall–Kier alpha value is -0.420. The van der Waals surface area contributed by atoms with Gasteiger partial charge in [-0.15, -0.1) is 0 Å². The van der Waals surface area contributed by atoms with E-state index in [1.165, 1.54) is 20.0 Å². The van der Waals surface area contributed by atoms with Crippen LogP contribution < -0.4 is 0 Å². The lowest BCUT2D eigenvalue weighted by Crippen LogP contribution is -2.34. The average molecular weight is 382 g/mol. The van der Waals surface area contributed by atoms with Gasteiger partial charge in [0.1, 0.15) is 6.04 Å². The highest BCUT2D eigenvalue weighted by atomic mass is 79.9. The molecule has 1 aromatic carbocycles. The molecule has 0 amide bonds. The van der Waals surface area contributed by atoms with Crippen LogP contribution in [0.3, 0.4) is 0 Å². The maximum absolute atomic E-state index is 12.2. The van der Waals surface area contributed by atoms with Crippen molar-refractivity contribution in [2.75, 3.05) is 7.05 Å². The second-order valence-corrected chi connectivity index (χ2v) is 7.14. The third-order valence-electron chi connectivity index (χ3n) is 2.28. The fourth-order valence-corrected chi connectivity index (χ4v) is 3.86. The van der Waals surface area contributed by atoms with E-state index < -0.39 is 16.1 Å². The van der Waals surface area contributed by atoms with Gasteiger partial charge in [-0.1, -0.05) is 15.9 Å². The highest BCUT2D eigenvalue weighted by Crippen LogP contribution is 2.28. The van der Waals surface area contributed by atoms with Gasteiger partial charge in [-0.05, 0) is 41.1 Å². The summed E-state index contributed by atoms with van der Waals surface area (Å²) in [6, 6.07) is 6.05. The number of hydrogen-bond donors (Lipinski definition) is 0. The molecule has 0 aliphatic heterocycles. The lowest BCUT2D eigenvalue weighted by molar-refractivity contribution is 0.441. The van der Waals surface area contributed by atoms with Crippen LogP contribution in [-0.4, -0.2) is 25.8 Å². The molecule has 0 aromatic heterocycles. The van der Waals surface area contributed by atoms with Gasteiger partial charge < -0.3 is 0 Å². The van der Waals surface area contributed by atoms with Crippen molar-refractivity contribution in [3.8, 4) is 6.07 Å². The number of sulfonamides is 1. The Morgan fingerprint density at radius 2 is 2.00 bits per heavy atom. The van der Waals surface area contributed by atoms with Crippen molar-refractivity contribution in [1.29, 1.82) is 5.26 Å². The van der Waals surface area contributed by atoms with E-state index in [-0.39, 0.29) is 4.90 Å². The molecule has 0 aliphatic carbocycles. The molecule has 0 saturated heterocycles. The molecule has 1 unspecified atom stereocenters. The van der Waals surface area contributed by atoms with Crippen LogP contribution in [0.15, 0.2) is 32.0 Å². The zero-order valence-electron chi connectivity index (χ0n) is 9.18. The Morgan fingerprint density at radius 1 is 1.41 bits per heavy atom. The summed E-state index contributed by atoms with van der Waals surface area (Å²) in [5.41, 5.74) is 0. The Bertz CT molecular complexity index is 566. The number of nitrogens with zero attached hydrogens (tertiary/aromatic N) is 2. The minimum absolute atomic E-state index is 0.136. The molecule has 0 bridgehead atoms. The van der Waals surface area contributed by atoms with Crippen molar-refractivity contribution in [3.05, 3.63) is 27.1 Å². The van der Waals surface area contributed by atoms with Gasteiger partial charge in [-0.2, -0.15) is 9.57 Å². The normalized spacial score (nSPS) is 13.4. The summed E-state index contributed by atoms with van der Waals surface area (Å²) in [7, 11) is -2.28. The largest absolute Gasteiger partial charge is 0.245 e. The van der Waals surface area contributed by atoms with E-state index in [0.717, 1.165) is 4.31 Å². The molecule has 0 radical (unpaired) electrons. The van der Waals surface area contributed by atoms with Crippen LogP contribution in [-0.2, 0) is 10.0 Å². The summed E-state index contributed by atoms with van der Waals surface area (Å²) >= 11 is 6.42. The van der Waals surface area contributed by atoms with Crippen molar-refractivity contribution in [2.45, 2.75) is 17.9 Å². The third kappa shape index (κ3) is 3.07. The van der Waals surface area contributed by atoms with Gasteiger partial charge in [0, 0.05) is 16.0 Å². The Morgan fingerprint density at radius 3 is 2.53 bits per heavy atom. The number of benzene rings is 1. The first kappa shape index (κ1) is 14.6. The first-order valence-electron chi connectivity index (χ1n) is 4.63. The zero-order chi connectivity index (χ0) is 13.2. The van der Waals surface area contributed by atoms with Crippen LogP contribution in [0.4, 0.5) is 0 Å². The van der Waals surface area contributed by atoms with Gasteiger partial charge in [-0.25, -0.2) is 8.42 Å². The van der Waals surface area contributed by atoms with Crippen LogP contribution in [0.1, 0.15) is 6.92 Å². The molecule has 0 saturated carbocycles. The van der Waals surface area contributed by atoms with Crippen LogP contribution in [0, 0.1) is 11.3 Å². The fourth-order valence-electron chi connectivity index (χ4n) is 1.12. The molecule has 1 aromatic rings. The van der Waals surface area contributed by atoms with Crippen molar-refractivity contribution >= 4 is 41.9 Å². The number of nitriles is 1. The monoisotopic (exact) mass is 380 g/mol. The van der Waals surface area contributed by atoms with Crippen LogP contribution in [0.5, 0.6) is 0 Å². The van der Waals surface area contributed by atoms with Gasteiger partial charge in [-0.3, -0.25) is 0 Å². The Labute approximate surface area is 118 Å². The topological polar surface area (TPSA) is 61.2 Å². The molecule has 92 valence electrons. The molecule has 17 heavy (non-hydrogen) atoms. The Kier molecular flexibility index (Phi) is 4.72. The molecule has 0 fully saturated rings. The second-order valence-electron chi connectivity index (χ2n) is 3.40. The fraction of sp³-hybridized carbons (Fsp3) is 0.300. The zero-order valence-corrected chi connectivity index (χ0v) is 13.2. The van der Waals surface area contributed by atoms with Gasteiger partial charge >= 0.3 is 0 Å². The molecule has 7 heteroatoms. The van der Waals surface area contributed by atoms with Crippen LogP contribution in [0.2, 0.25) is 0 Å². The first-order chi connectivity index (χ1) is 7.80. The molecule has 4 nitrogen and oxygen atoms in total. The summed E-state index contributed by atoms with van der Waals surface area (Å²) in [6.45, 7) is 1.53. The molecule has 1 rings (SSSR count). The highest BCUT2D eigenvalue weighted by Gasteiger charge is 2.27. The summed E-state index contributed by atoms with van der Waals surface area (Å²) in [5.74, 6) is 0. The van der Waals surface area contributed by atoms with Crippen LogP contribution in [0.25, 0.3) is 0 Å². The first-order valence-corrected chi connectivity index (χ1v) is 7.66. The van der Waals surface area contributed by atoms with Crippen molar-refractivity contribution in [2.24, 2.45) is 0 Å².